The lowest BCUT2D eigenvalue weighted by Gasteiger charge is -2.35. The third-order valence-electron chi connectivity index (χ3n) is 6.42. The molecule has 0 radical (unpaired) electrons. The Kier molecular flexibility index (Phi) is 3.72. The number of nitrogens with one attached hydrogen (secondary N) is 1. The van der Waals surface area contributed by atoms with E-state index < -0.39 is 0 Å². The predicted octanol–water partition coefficient (Wildman–Crippen LogP) is 2.07. The molecular formula is C19H24N4O2S. The van der Waals surface area contributed by atoms with Crippen molar-refractivity contribution in [3.63, 3.8) is 0 Å². The van der Waals surface area contributed by atoms with E-state index in [1.165, 1.54) is 24.2 Å². The summed E-state index contributed by atoms with van der Waals surface area (Å²) in [6, 6.07) is 1.38. The highest BCUT2D eigenvalue weighted by molar-refractivity contribution is 7.20. The van der Waals surface area contributed by atoms with Gasteiger partial charge < -0.3 is 10.2 Å². The van der Waals surface area contributed by atoms with Gasteiger partial charge in [-0.15, -0.1) is 11.3 Å². The number of aryl methyl sites for hydroxylation is 2. The molecule has 2 aromatic heterocycles. The summed E-state index contributed by atoms with van der Waals surface area (Å²) < 4.78 is 1.78. The molecule has 2 aromatic rings. The van der Waals surface area contributed by atoms with Crippen molar-refractivity contribution in [1.82, 2.24) is 19.8 Å². The normalized spacial score (nSPS) is 27.1. The monoisotopic (exact) mass is 372 g/mol. The van der Waals surface area contributed by atoms with E-state index in [1.807, 2.05) is 18.9 Å². The average molecular weight is 372 g/mol. The average Bonchev–Trinajstić information content (AvgIpc) is 3.32. The number of carbonyl (C=O) groups excluding carboxylic acids is 1. The smallest absolute Gasteiger partial charge is 0.264 e. The Morgan fingerprint density at radius 3 is 2.77 bits per heavy atom. The van der Waals surface area contributed by atoms with Crippen LogP contribution in [0.25, 0.3) is 10.2 Å². The molecule has 26 heavy (non-hydrogen) atoms. The van der Waals surface area contributed by atoms with Crippen LogP contribution in [0, 0.1) is 6.92 Å². The molecule has 2 bridgehead atoms. The highest BCUT2D eigenvalue weighted by Gasteiger charge is 2.37. The molecule has 5 heterocycles. The molecule has 0 aliphatic carbocycles. The molecule has 2 atom stereocenters. The summed E-state index contributed by atoms with van der Waals surface area (Å²) in [5.41, 5.74) is 0.830. The Morgan fingerprint density at radius 2 is 2.04 bits per heavy atom. The third-order valence-corrected chi connectivity index (χ3v) is 7.60. The summed E-state index contributed by atoms with van der Waals surface area (Å²) in [5, 5.41) is 4.27. The Bertz CT molecular complexity index is 951. The molecule has 7 heteroatoms. The van der Waals surface area contributed by atoms with E-state index in [0.717, 1.165) is 48.4 Å². The zero-order valence-electron chi connectivity index (χ0n) is 15.2. The molecule has 1 N–H and O–H groups in total. The van der Waals surface area contributed by atoms with Crippen LogP contribution in [0.15, 0.2) is 4.79 Å². The number of thiophene rings is 1. The fraction of sp³-hybridized carbons (Fsp3) is 0.632. The van der Waals surface area contributed by atoms with Gasteiger partial charge in [-0.25, -0.2) is 4.98 Å². The minimum absolute atomic E-state index is 0.0258. The maximum absolute atomic E-state index is 13.2. The quantitative estimate of drug-likeness (QED) is 0.876. The molecule has 2 saturated heterocycles. The molecule has 0 saturated carbocycles. The van der Waals surface area contributed by atoms with Crippen LogP contribution >= 0.6 is 11.3 Å². The van der Waals surface area contributed by atoms with Gasteiger partial charge in [0, 0.05) is 38.1 Å². The fourth-order valence-corrected chi connectivity index (χ4v) is 6.12. The van der Waals surface area contributed by atoms with Crippen LogP contribution in [0.4, 0.5) is 0 Å². The van der Waals surface area contributed by atoms with Gasteiger partial charge in [-0.1, -0.05) is 0 Å². The van der Waals surface area contributed by atoms with E-state index in [9.17, 15) is 9.59 Å². The van der Waals surface area contributed by atoms with Crippen molar-refractivity contribution in [2.24, 2.45) is 0 Å². The first-order valence-electron chi connectivity index (χ1n) is 9.59. The van der Waals surface area contributed by atoms with Crippen molar-refractivity contribution in [3.8, 4) is 0 Å². The van der Waals surface area contributed by atoms with Crippen LogP contribution in [0.1, 0.15) is 53.2 Å². The molecule has 138 valence electrons. The van der Waals surface area contributed by atoms with Gasteiger partial charge >= 0.3 is 0 Å². The van der Waals surface area contributed by atoms with Gasteiger partial charge in [0.25, 0.3) is 11.5 Å². The number of carbonyl (C=O) groups is 1. The van der Waals surface area contributed by atoms with E-state index in [1.54, 1.807) is 4.57 Å². The molecular weight excluding hydrogens is 348 g/mol. The van der Waals surface area contributed by atoms with E-state index >= 15 is 0 Å². The zero-order valence-corrected chi connectivity index (χ0v) is 16.1. The number of amides is 1. The number of fused-ring (bicyclic) bond motifs is 4. The largest absolute Gasteiger partial charge is 0.338 e. The fourth-order valence-electron chi connectivity index (χ4n) is 4.95. The van der Waals surface area contributed by atoms with Crippen molar-refractivity contribution >= 4 is 27.5 Å². The minimum atomic E-state index is 0.0258. The van der Waals surface area contributed by atoms with Crippen LogP contribution in [-0.2, 0) is 13.0 Å². The van der Waals surface area contributed by atoms with E-state index in [4.69, 9.17) is 0 Å². The molecule has 3 aliphatic heterocycles. The van der Waals surface area contributed by atoms with E-state index in [-0.39, 0.29) is 17.5 Å². The maximum Gasteiger partial charge on any atom is 0.264 e. The SMILES string of the molecule is Cc1c(C(=O)N(C)C2CC3CCC(C2)N3)sc2nc3n(c(=O)c12)CCC3. The lowest BCUT2D eigenvalue weighted by atomic mass is 9.98. The standard InChI is InChI=1S/C19H24N4O2S/c1-10-15-17(21-14-4-3-7-23(14)18(15)24)26-16(10)19(25)22(2)13-8-11-5-6-12(9-13)20-11/h11-13,20H,3-9H2,1-2H3. The van der Waals surface area contributed by atoms with Crippen LogP contribution in [0.5, 0.6) is 0 Å². The summed E-state index contributed by atoms with van der Waals surface area (Å²) in [7, 11) is 1.92. The molecule has 1 amide bonds. The van der Waals surface area contributed by atoms with Crippen molar-refractivity contribution in [1.29, 1.82) is 0 Å². The summed E-state index contributed by atoms with van der Waals surface area (Å²) in [6.45, 7) is 2.64. The predicted molar refractivity (Wildman–Crippen MR) is 102 cm³/mol. The van der Waals surface area contributed by atoms with Crippen LogP contribution in [0.2, 0.25) is 0 Å². The van der Waals surface area contributed by atoms with Crippen molar-refractivity contribution in [2.75, 3.05) is 7.05 Å². The first kappa shape index (κ1) is 16.4. The molecule has 6 nitrogen and oxygen atoms in total. The highest BCUT2D eigenvalue weighted by Crippen LogP contribution is 2.33. The number of piperidine rings is 1. The number of hydrogen-bond donors (Lipinski definition) is 1. The minimum Gasteiger partial charge on any atom is -0.338 e. The summed E-state index contributed by atoms with van der Waals surface area (Å²) >= 11 is 1.39. The lowest BCUT2D eigenvalue weighted by Crippen LogP contribution is -2.48. The number of aromatic nitrogens is 2. The summed E-state index contributed by atoms with van der Waals surface area (Å²) in [6.07, 6.45) is 6.32. The first-order valence-corrected chi connectivity index (χ1v) is 10.4. The van der Waals surface area contributed by atoms with Crippen LogP contribution < -0.4 is 10.9 Å². The Balaban J connectivity index is 1.50. The Labute approximate surface area is 156 Å². The van der Waals surface area contributed by atoms with Crippen LogP contribution in [-0.4, -0.2) is 45.5 Å². The van der Waals surface area contributed by atoms with Gasteiger partial charge in [0.15, 0.2) is 0 Å². The first-order chi connectivity index (χ1) is 12.5. The number of nitrogens with zero attached hydrogens (tertiary/aromatic N) is 3. The maximum atomic E-state index is 13.2. The molecule has 3 aliphatic rings. The zero-order chi connectivity index (χ0) is 18.0. The highest BCUT2D eigenvalue weighted by atomic mass is 32.1. The van der Waals surface area contributed by atoms with Gasteiger partial charge in [0.2, 0.25) is 0 Å². The number of rotatable bonds is 2. The molecule has 2 fully saturated rings. The number of hydrogen-bond acceptors (Lipinski definition) is 5. The Hall–Kier alpha value is -1.73. The summed E-state index contributed by atoms with van der Waals surface area (Å²) in [4.78, 5) is 34.1. The van der Waals surface area contributed by atoms with Gasteiger partial charge in [0.05, 0.1) is 10.3 Å². The van der Waals surface area contributed by atoms with E-state index in [2.05, 4.69) is 10.3 Å². The summed E-state index contributed by atoms with van der Waals surface area (Å²) in [5.74, 6) is 0.910. The van der Waals surface area contributed by atoms with Gasteiger partial charge in [-0.2, -0.15) is 0 Å². The third kappa shape index (κ3) is 2.36. The van der Waals surface area contributed by atoms with E-state index in [0.29, 0.717) is 22.3 Å². The lowest BCUT2D eigenvalue weighted by molar-refractivity contribution is 0.0686. The van der Waals surface area contributed by atoms with Gasteiger partial charge in [-0.3, -0.25) is 14.2 Å². The van der Waals surface area contributed by atoms with Crippen molar-refractivity contribution in [3.05, 3.63) is 26.6 Å². The van der Waals surface area contributed by atoms with Gasteiger partial charge in [0.1, 0.15) is 10.7 Å². The molecule has 5 rings (SSSR count). The second-order valence-electron chi connectivity index (χ2n) is 8.00. The second kappa shape index (κ2) is 5.89. The topological polar surface area (TPSA) is 67.2 Å². The van der Waals surface area contributed by atoms with Crippen molar-refractivity contribution < 1.29 is 4.79 Å². The Morgan fingerprint density at radius 1 is 1.31 bits per heavy atom. The second-order valence-corrected chi connectivity index (χ2v) is 9.00. The van der Waals surface area contributed by atoms with Gasteiger partial charge in [-0.05, 0) is 44.6 Å². The van der Waals surface area contributed by atoms with Crippen LogP contribution in [0.3, 0.4) is 0 Å². The molecule has 2 unspecified atom stereocenters. The van der Waals surface area contributed by atoms with Crippen molar-refractivity contribution in [2.45, 2.75) is 70.1 Å². The molecule has 0 aromatic carbocycles. The molecule has 0 spiro atoms.